The van der Waals surface area contributed by atoms with Crippen molar-refractivity contribution in [3.05, 3.63) is 30.0 Å². The maximum atomic E-state index is 13.7. The van der Waals surface area contributed by atoms with Gasteiger partial charge in [0, 0.05) is 62.2 Å². The van der Waals surface area contributed by atoms with Crippen LogP contribution in [0, 0.1) is 16.7 Å². The van der Waals surface area contributed by atoms with Gasteiger partial charge in [-0.2, -0.15) is 5.26 Å². The predicted molar refractivity (Wildman–Crippen MR) is 132 cm³/mol. The first kappa shape index (κ1) is 23.1. The lowest BCUT2D eigenvalue weighted by Gasteiger charge is -2.38. The van der Waals surface area contributed by atoms with Crippen molar-refractivity contribution in [2.45, 2.75) is 37.9 Å². The maximum Gasteiger partial charge on any atom is 0.257 e. The molecule has 3 aliphatic rings. The highest BCUT2D eigenvalue weighted by Crippen LogP contribution is 2.38. The summed E-state index contributed by atoms with van der Waals surface area (Å²) in [4.78, 5) is 22.4. The Kier molecular flexibility index (Phi) is 6.21. The Morgan fingerprint density at radius 2 is 1.88 bits per heavy atom. The molecule has 3 fully saturated rings. The molecule has 1 atom stereocenters. The lowest BCUT2D eigenvalue weighted by atomic mass is 9.81. The molecular formula is C25H31N5O3S. The summed E-state index contributed by atoms with van der Waals surface area (Å²) in [5, 5.41) is 10.8. The fourth-order valence-electron chi connectivity index (χ4n) is 4.84. The molecule has 1 unspecified atom stereocenters. The van der Waals surface area contributed by atoms with Gasteiger partial charge in [0.15, 0.2) is 0 Å². The Labute approximate surface area is 203 Å². The number of benzene rings is 1. The minimum atomic E-state index is -0.922. The average molecular weight is 482 g/mol. The number of pyridine rings is 1. The summed E-state index contributed by atoms with van der Waals surface area (Å²) in [6.45, 7) is 5.82. The summed E-state index contributed by atoms with van der Waals surface area (Å²) in [5.74, 6) is 0.686. The van der Waals surface area contributed by atoms with E-state index in [0.29, 0.717) is 50.1 Å². The van der Waals surface area contributed by atoms with Crippen molar-refractivity contribution < 1.29 is 13.7 Å². The van der Waals surface area contributed by atoms with Gasteiger partial charge < -0.3 is 14.5 Å². The van der Waals surface area contributed by atoms with Gasteiger partial charge in [0.25, 0.3) is 5.91 Å². The van der Waals surface area contributed by atoms with Crippen molar-refractivity contribution in [3.63, 3.8) is 0 Å². The van der Waals surface area contributed by atoms with E-state index < -0.39 is 11.0 Å². The number of carbonyl (C=O) groups excluding carboxylic acids is 1. The van der Waals surface area contributed by atoms with E-state index in [1.54, 1.807) is 13.3 Å². The third kappa shape index (κ3) is 4.37. The SMILES string of the molecule is COc1ccc2c(N3CCC(C)(C#N)CC3)c(C(=O)N3CCN(S(=O)C4CC4)CC3)cnc2c1. The molecular weight excluding hydrogens is 450 g/mol. The lowest BCUT2D eigenvalue weighted by Crippen LogP contribution is -2.50. The topological polar surface area (TPSA) is 89.8 Å². The molecule has 0 N–H and O–H groups in total. The zero-order valence-electron chi connectivity index (χ0n) is 19.8. The van der Waals surface area contributed by atoms with Gasteiger partial charge in [-0.15, -0.1) is 0 Å². The molecule has 9 heteroatoms. The van der Waals surface area contributed by atoms with Gasteiger partial charge in [-0.1, -0.05) is 0 Å². The number of methoxy groups -OCH3 is 1. The third-order valence-corrected chi connectivity index (χ3v) is 9.24. The zero-order valence-corrected chi connectivity index (χ0v) is 20.6. The highest BCUT2D eigenvalue weighted by Gasteiger charge is 2.36. The molecule has 0 bridgehead atoms. The molecule has 2 aliphatic heterocycles. The second-order valence-corrected chi connectivity index (χ2v) is 11.5. The molecule has 1 aliphatic carbocycles. The fourth-order valence-corrected chi connectivity index (χ4v) is 6.32. The number of nitrogens with zero attached hydrogens (tertiary/aromatic N) is 5. The van der Waals surface area contributed by atoms with Crippen molar-refractivity contribution in [2.75, 3.05) is 51.3 Å². The van der Waals surface area contributed by atoms with Crippen LogP contribution in [0.5, 0.6) is 5.75 Å². The van der Waals surface area contributed by atoms with Crippen LogP contribution < -0.4 is 9.64 Å². The van der Waals surface area contributed by atoms with Crippen LogP contribution in [0.4, 0.5) is 5.69 Å². The highest BCUT2D eigenvalue weighted by molar-refractivity contribution is 7.83. The summed E-state index contributed by atoms with van der Waals surface area (Å²) in [6, 6.07) is 8.22. The van der Waals surface area contributed by atoms with E-state index in [2.05, 4.69) is 16.0 Å². The van der Waals surface area contributed by atoms with Gasteiger partial charge in [0.1, 0.15) is 5.75 Å². The number of piperidine rings is 1. The lowest BCUT2D eigenvalue weighted by molar-refractivity contribution is 0.0701. The zero-order chi connectivity index (χ0) is 23.9. The van der Waals surface area contributed by atoms with Crippen molar-refractivity contribution in [1.29, 1.82) is 5.26 Å². The van der Waals surface area contributed by atoms with Crippen LogP contribution in [-0.2, 0) is 11.0 Å². The Hall–Kier alpha value is -2.70. The smallest absolute Gasteiger partial charge is 0.257 e. The van der Waals surface area contributed by atoms with E-state index in [4.69, 9.17) is 4.74 Å². The van der Waals surface area contributed by atoms with Crippen LogP contribution >= 0.6 is 0 Å². The molecule has 2 aromatic rings. The molecule has 0 spiro atoms. The molecule has 34 heavy (non-hydrogen) atoms. The van der Waals surface area contributed by atoms with Gasteiger partial charge in [-0.05, 0) is 44.7 Å². The van der Waals surface area contributed by atoms with E-state index >= 15 is 0 Å². The van der Waals surface area contributed by atoms with Crippen LogP contribution in [0.2, 0.25) is 0 Å². The van der Waals surface area contributed by atoms with Gasteiger partial charge in [-0.25, -0.2) is 8.51 Å². The van der Waals surface area contributed by atoms with Crippen LogP contribution in [0.1, 0.15) is 43.0 Å². The van der Waals surface area contributed by atoms with E-state index in [-0.39, 0.29) is 11.3 Å². The van der Waals surface area contributed by atoms with Crippen molar-refractivity contribution >= 4 is 33.5 Å². The molecule has 0 radical (unpaired) electrons. The molecule has 1 amide bonds. The minimum absolute atomic E-state index is 0.0364. The second kappa shape index (κ2) is 9.16. The predicted octanol–water partition coefficient (Wildman–Crippen LogP) is 2.96. The van der Waals surface area contributed by atoms with Gasteiger partial charge in [0.05, 0.1) is 46.3 Å². The van der Waals surface area contributed by atoms with Crippen LogP contribution in [0.15, 0.2) is 24.4 Å². The molecule has 1 saturated carbocycles. The van der Waals surface area contributed by atoms with Crippen LogP contribution in [0.25, 0.3) is 10.9 Å². The molecule has 3 heterocycles. The first-order valence-electron chi connectivity index (χ1n) is 12.0. The number of anilines is 1. The number of nitriles is 1. The number of fused-ring (bicyclic) bond motifs is 1. The van der Waals surface area contributed by atoms with Crippen LogP contribution in [-0.4, -0.2) is 75.9 Å². The quantitative estimate of drug-likeness (QED) is 0.652. The van der Waals surface area contributed by atoms with Crippen molar-refractivity contribution in [3.8, 4) is 11.8 Å². The fraction of sp³-hybridized carbons (Fsp3) is 0.560. The summed E-state index contributed by atoms with van der Waals surface area (Å²) < 4.78 is 19.9. The van der Waals surface area contributed by atoms with E-state index in [1.165, 1.54) is 0 Å². The summed E-state index contributed by atoms with van der Waals surface area (Å²) in [6.07, 6.45) is 5.28. The van der Waals surface area contributed by atoms with E-state index in [9.17, 15) is 14.3 Å². The number of ether oxygens (including phenoxy) is 1. The molecule has 1 aromatic heterocycles. The van der Waals surface area contributed by atoms with Crippen molar-refractivity contribution in [2.24, 2.45) is 5.41 Å². The number of piperazine rings is 1. The van der Waals surface area contributed by atoms with E-state index in [1.807, 2.05) is 34.3 Å². The molecule has 2 saturated heterocycles. The number of amides is 1. The van der Waals surface area contributed by atoms with Crippen LogP contribution in [0.3, 0.4) is 0 Å². The van der Waals surface area contributed by atoms with Gasteiger partial charge >= 0.3 is 0 Å². The molecule has 1 aromatic carbocycles. The number of rotatable bonds is 5. The number of hydrogen-bond donors (Lipinski definition) is 0. The third-order valence-electron chi connectivity index (χ3n) is 7.32. The monoisotopic (exact) mass is 481 g/mol. The van der Waals surface area contributed by atoms with Crippen molar-refractivity contribution in [1.82, 2.24) is 14.2 Å². The number of hydrogen-bond acceptors (Lipinski definition) is 6. The Morgan fingerprint density at radius 3 is 2.50 bits per heavy atom. The number of aromatic nitrogens is 1. The Morgan fingerprint density at radius 1 is 1.18 bits per heavy atom. The average Bonchev–Trinajstić information content (AvgIpc) is 3.73. The first-order valence-corrected chi connectivity index (χ1v) is 13.2. The summed E-state index contributed by atoms with van der Waals surface area (Å²) >= 11 is 0. The minimum Gasteiger partial charge on any atom is -0.497 e. The normalized spacial score (nSPS) is 21.8. The standard InChI is InChI=1S/C25H31N5O3S/c1-25(17-26)7-9-28(10-8-25)23-20-6-3-18(33-2)15-22(20)27-16-21(23)24(31)29-11-13-30(14-12-29)34(32)19-4-5-19/h3,6,15-16,19H,4-5,7-14H2,1-2H3. The number of carbonyl (C=O) groups is 1. The Balaban J connectivity index is 1.44. The molecule has 180 valence electrons. The largest absolute Gasteiger partial charge is 0.497 e. The highest BCUT2D eigenvalue weighted by atomic mass is 32.2. The van der Waals surface area contributed by atoms with Gasteiger partial charge in [-0.3, -0.25) is 9.78 Å². The second-order valence-electron chi connectivity index (χ2n) is 9.76. The van der Waals surface area contributed by atoms with E-state index in [0.717, 1.165) is 48.0 Å². The first-order chi connectivity index (χ1) is 16.4. The summed E-state index contributed by atoms with van der Waals surface area (Å²) in [7, 11) is 0.707. The molecule has 8 nitrogen and oxygen atoms in total. The Bertz CT molecular complexity index is 1160. The maximum absolute atomic E-state index is 13.7. The van der Waals surface area contributed by atoms with Gasteiger partial charge in [0.2, 0.25) is 0 Å². The summed E-state index contributed by atoms with van der Waals surface area (Å²) in [5.41, 5.74) is 1.93. The molecule has 5 rings (SSSR count).